The normalized spacial score (nSPS) is 12.4. The highest BCUT2D eigenvalue weighted by molar-refractivity contribution is 5.87. The quantitative estimate of drug-likeness (QED) is 0.777. The number of rotatable bonds is 4. The Morgan fingerprint density at radius 2 is 1.53 bits per heavy atom. The van der Waals surface area contributed by atoms with E-state index in [1.165, 1.54) is 6.92 Å². The van der Waals surface area contributed by atoms with Crippen LogP contribution in [-0.4, -0.2) is 18.2 Å². The number of nitrogens with one attached hydrogen (secondary N) is 1. The number of Topliss-reactive ketones (excluding diaryl/α,β-unsaturated/α-hetero) is 1. The van der Waals surface area contributed by atoms with Crippen molar-refractivity contribution in [3.63, 3.8) is 0 Å². The summed E-state index contributed by atoms with van der Waals surface area (Å²) in [6.45, 7) is 11.7. The molecule has 0 aliphatic carbocycles. The van der Waals surface area contributed by atoms with E-state index in [-0.39, 0.29) is 23.7 Å². The molecule has 0 aliphatic rings. The molecular weight excluding hydrogens is 190 g/mol. The Hall–Kier alpha value is -0.860. The molecule has 88 valence electrons. The number of ketones is 1. The first kappa shape index (κ1) is 14.1. The van der Waals surface area contributed by atoms with Gasteiger partial charge in [-0.2, -0.15) is 0 Å². The molecule has 0 saturated carbocycles. The van der Waals surface area contributed by atoms with E-state index >= 15 is 0 Å². The van der Waals surface area contributed by atoms with Crippen LogP contribution in [0.2, 0.25) is 0 Å². The number of carbonyl (C=O) groups excluding carboxylic acids is 2. The topological polar surface area (TPSA) is 46.2 Å². The zero-order valence-electron chi connectivity index (χ0n) is 10.7. The molecule has 0 radical (unpaired) electrons. The average molecular weight is 213 g/mol. The van der Waals surface area contributed by atoms with Crippen molar-refractivity contribution in [3.8, 4) is 0 Å². The van der Waals surface area contributed by atoms with Gasteiger partial charge in [0.2, 0.25) is 5.91 Å². The predicted octanol–water partition coefficient (Wildman–Crippen LogP) is 2.15. The van der Waals surface area contributed by atoms with Crippen molar-refractivity contribution in [1.29, 1.82) is 0 Å². The van der Waals surface area contributed by atoms with Crippen molar-refractivity contribution in [2.75, 3.05) is 6.54 Å². The maximum absolute atomic E-state index is 11.8. The molecule has 0 rings (SSSR count). The third-order valence-electron chi connectivity index (χ3n) is 2.08. The summed E-state index contributed by atoms with van der Waals surface area (Å²) in [5.74, 6) is -0.0671. The highest BCUT2D eigenvalue weighted by Crippen LogP contribution is 2.33. The first-order valence-corrected chi connectivity index (χ1v) is 5.32. The molecule has 3 nitrogen and oxygen atoms in total. The van der Waals surface area contributed by atoms with E-state index < -0.39 is 5.41 Å². The van der Waals surface area contributed by atoms with Crippen molar-refractivity contribution in [2.24, 2.45) is 10.8 Å². The summed E-state index contributed by atoms with van der Waals surface area (Å²) in [5.41, 5.74) is -0.315. The molecule has 3 heteroatoms. The molecule has 0 unspecified atom stereocenters. The fraction of sp³-hybridized carbons (Fsp3) is 0.833. The summed E-state index contributed by atoms with van der Waals surface area (Å²) < 4.78 is 0. The van der Waals surface area contributed by atoms with Crippen LogP contribution in [0.15, 0.2) is 0 Å². The Morgan fingerprint density at radius 1 is 1.07 bits per heavy atom. The molecule has 0 aromatic carbocycles. The minimum atomic E-state index is -0.423. The fourth-order valence-electron chi connectivity index (χ4n) is 1.85. The van der Waals surface area contributed by atoms with Gasteiger partial charge in [0.25, 0.3) is 0 Å². The molecule has 0 atom stereocenters. The van der Waals surface area contributed by atoms with E-state index in [0.717, 1.165) is 6.42 Å². The zero-order valence-corrected chi connectivity index (χ0v) is 10.7. The molecule has 15 heavy (non-hydrogen) atoms. The Bertz CT molecular complexity index is 249. The monoisotopic (exact) mass is 213 g/mol. The van der Waals surface area contributed by atoms with Gasteiger partial charge in [0, 0.05) is 5.41 Å². The smallest absolute Gasteiger partial charge is 0.226 e. The van der Waals surface area contributed by atoms with Crippen LogP contribution in [-0.2, 0) is 9.59 Å². The van der Waals surface area contributed by atoms with Crippen LogP contribution in [0.5, 0.6) is 0 Å². The molecule has 0 aromatic heterocycles. The Balaban J connectivity index is 4.33. The van der Waals surface area contributed by atoms with Crippen molar-refractivity contribution in [3.05, 3.63) is 0 Å². The van der Waals surface area contributed by atoms with E-state index in [1.54, 1.807) is 0 Å². The molecule has 0 aliphatic heterocycles. The molecule has 1 amide bonds. The maximum atomic E-state index is 11.8. The van der Waals surface area contributed by atoms with Gasteiger partial charge in [-0.3, -0.25) is 9.59 Å². The third kappa shape index (κ3) is 6.26. The molecule has 0 heterocycles. The number of carbonyl (C=O) groups is 2. The van der Waals surface area contributed by atoms with Crippen molar-refractivity contribution in [2.45, 2.75) is 48.0 Å². The van der Waals surface area contributed by atoms with Gasteiger partial charge in [-0.1, -0.05) is 34.6 Å². The molecular formula is C12H23NO2. The lowest BCUT2D eigenvalue weighted by Crippen LogP contribution is -2.41. The summed E-state index contributed by atoms with van der Waals surface area (Å²) in [6.07, 6.45) is 0.795. The van der Waals surface area contributed by atoms with Crippen molar-refractivity contribution in [1.82, 2.24) is 5.32 Å². The zero-order chi connectivity index (χ0) is 12.3. The summed E-state index contributed by atoms with van der Waals surface area (Å²) in [5, 5.41) is 2.66. The van der Waals surface area contributed by atoms with E-state index in [9.17, 15) is 9.59 Å². The van der Waals surface area contributed by atoms with Gasteiger partial charge in [0.05, 0.1) is 6.54 Å². The van der Waals surface area contributed by atoms with Crippen molar-refractivity contribution < 1.29 is 9.59 Å². The predicted molar refractivity (Wildman–Crippen MR) is 61.5 cm³/mol. The third-order valence-corrected chi connectivity index (χ3v) is 2.08. The van der Waals surface area contributed by atoms with Gasteiger partial charge in [-0.15, -0.1) is 0 Å². The Kier molecular flexibility index (Phi) is 4.50. The van der Waals surface area contributed by atoms with Gasteiger partial charge >= 0.3 is 0 Å². The number of hydrogen-bond acceptors (Lipinski definition) is 2. The van der Waals surface area contributed by atoms with Crippen molar-refractivity contribution >= 4 is 11.7 Å². The minimum absolute atomic E-state index is 0.0186. The van der Waals surface area contributed by atoms with Gasteiger partial charge < -0.3 is 5.32 Å². The number of hydrogen-bond donors (Lipinski definition) is 1. The second-order valence-corrected chi connectivity index (χ2v) is 6.01. The van der Waals surface area contributed by atoms with Crippen LogP contribution in [0, 0.1) is 10.8 Å². The molecule has 1 N–H and O–H groups in total. The lowest BCUT2D eigenvalue weighted by molar-refractivity contribution is -0.132. The largest absolute Gasteiger partial charge is 0.349 e. The minimum Gasteiger partial charge on any atom is -0.349 e. The molecule has 0 bridgehead atoms. The van der Waals surface area contributed by atoms with E-state index in [4.69, 9.17) is 0 Å². The van der Waals surface area contributed by atoms with E-state index in [2.05, 4.69) is 26.1 Å². The summed E-state index contributed by atoms with van der Waals surface area (Å²) in [6, 6.07) is 0. The van der Waals surface area contributed by atoms with Crippen LogP contribution < -0.4 is 5.32 Å². The Morgan fingerprint density at radius 3 is 1.87 bits per heavy atom. The lowest BCUT2D eigenvalue weighted by atomic mass is 9.76. The first-order valence-electron chi connectivity index (χ1n) is 5.32. The standard InChI is InChI=1S/C12H23NO2/c1-9(14)7-13-10(15)12(5,6)8-11(2,3)4/h7-8H2,1-6H3,(H,13,15). The van der Waals surface area contributed by atoms with Crippen LogP contribution in [0.4, 0.5) is 0 Å². The summed E-state index contributed by atoms with van der Waals surface area (Å²) >= 11 is 0. The molecule has 0 saturated heterocycles. The maximum Gasteiger partial charge on any atom is 0.226 e. The number of amides is 1. The van der Waals surface area contributed by atoms with Gasteiger partial charge in [0.15, 0.2) is 0 Å². The van der Waals surface area contributed by atoms with Crippen LogP contribution in [0.1, 0.15) is 48.0 Å². The van der Waals surface area contributed by atoms with Gasteiger partial charge in [0.1, 0.15) is 5.78 Å². The lowest BCUT2D eigenvalue weighted by Gasteiger charge is -2.31. The fourth-order valence-corrected chi connectivity index (χ4v) is 1.85. The molecule has 0 spiro atoms. The highest BCUT2D eigenvalue weighted by atomic mass is 16.2. The van der Waals surface area contributed by atoms with Crippen LogP contribution in [0.3, 0.4) is 0 Å². The SMILES string of the molecule is CC(=O)CNC(=O)C(C)(C)CC(C)(C)C. The summed E-state index contributed by atoms with van der Waals surface area (Å²) in [7, 11) is 0. The molecule has 0 aromatic rings. The first-order chi connectivity index (χ1) is 6.54. The second-order valence-electron chi connectivity index (χ2n) is 6.01. The molecule has 0 fully saturated rings. The average Bonchev–Trinajstić information content (AvgIpc) is 1.94. The second kappa shape index (κ2) is 4.77. The van der Waals surface area contributed by atoms with Gasteiger partial charge in [-0.25, -0.2) is 0 Å². The van der Waals surface area contributed by atoms with Gasteiger partial charge in [-0.05, 0) is 18.8 Å². The van der Waals surface area contributed by atoms with E-state index in [1.807, 2.05) is 13.8 Å². The van der Waals surface area contributed by atoms with Crippen LogP contribution in [0.25, 0.3) is 0 Å². The Labute approximate surface area is 92.6 Å². The summed E-state index contributed by atoms with van der Waals surface area (Å²) in [4.78, 5) is 22.5. The van der Waals surface area contributed by atoms with Crippen LogP contribution >= 0.6 is 0 Å². The van der Waals surface area contributed by atoms with E-state index in [0.29, 0.717) is 0 Å². The highest BCUT2D eigenvalue weighted by Gasteiger charge is 2.32.